The van der Waals surface area contributed by atoms with E-state index in [9.17, 15) is 22.8 Å². The van der Waals surface area contributed by atoms with Crippen LogP contribution in [-0.2, 0) is 48.3 Å². The van der Waals surface area contributed by atoms with Gasteiger partial charge in [0.1, 0.15) is 35.1 Å². The van der Waals surface area contributed by atoms with E-state index in [1.54, 1.807) is 44.6 Å². The number of hydrogen-bond acceptors (Lipinski definition) is 14. The molecule has 1 N–H and O–H groups in total. The molecule has 3 fully saturated rings. The Balaban J connectivity index is 1.20. The molecule has 1 aromatic heterocycles. The molecule has 4 heterocycles. The second kappa shape index (κ2) is 19.3. The number of carbonyl (C=O) groups is 2. The zero-order valence-corrected chi connectivity index (χ0v) is 37.4. The van der Waals surface area contributed by atoms with Crippen LogP contribution in [0.4, 0.5) is 5.82 Å². The van der Waals surface area contributed by atoms with Crippen LogP contribution in [0.1, 0.15) is 49.6 Å². The number of hydrogen-bond donors (Lipinski definition) is 1. The van der Waals surface area contributed by atoms with Crippen LogP contribution in [-0.4, -0.2) is 98.1 Å². The number of anilines is 1. The highest BCUT2D eigenvalue weighted by atomic mass is 32.2. The van der Waals surface area contributed by atoms with E-state index in [1.807, 2.05) is 83.5 Å². The normalized spacial score (nSPS) is 23.3. The minimum atomic E-state index is -3.74. The number of sulfone groups is 1. The van der Waals surface area contributed by atoms with Gasteiger partial charge in [0.05, 0.1) is 37.6 Å². The van der Waals surface area contributed by atoms with Gasteiger partial charge in [-0.05, 0) is 72.0 Å². The summed E-state index contributed by atoms with van der Waals surface area (Å²) in [6.45, 7) is 2.92. The van der Waals surface area contributed by atoms with E-state index in [-0.39, 0.29) is 29.1 Å². The van der Waals surface area contributed by atoms with Gasteiger partial charge in [-0.15, -0.1) is 0 Å². The van der Waals surface area contributed by atoms with Crippen molar-refractivity contribution in [3.63, 3.8) is 0 Å². The van der Waals surface area contributed by atoms with Gasteiger partial charge in [0.15, 0.2) is 22.2 Å². The first kappa shape index (κ1) is 45.1. The molecule has 3 saturated heterocycles. The van der Waals surface area contributed by atoms with Crippen molar-refractivity contribution in [2.24, 2.45) is 0 Å². The molecule has 5 aromatic rings. The summed E-state index contributed by atoms with van der Waals surface area (Å²) in [6.07, 6.45) is -2.58. The Labute approximate surface area is 372 Å². The first-order valence-corrected chi connectivity index (χ1v) is 23.5. The molecule has 4 unspecified atom stereocenters. The topological polar surface area (TPSA) is 183 Å². The van der Waals surface area contributed by atoms with Gasteiger partial charge in [0.25, 0.3) is 8.53 Å². The average molecular weight is 913 g/mol. The molecule has 1 amide bonds. The zero-order chi connectivity index (χ0) is 45.0. The molecule has 0 spiro atoms. The molecular formula is C46H49N4O12PS. The maximum atomic E-state index is 13.7. The standard InChI is InChI=1S/C46H49N4O12PS/c1-30(51)47-41-25-27-49(45(53)48-41)44-43(59-31(2)52)42(62-63-50-26-11-16-38(50)40(61-63)29-64(54,55)37-14-9-6-10-15-37)39(60-44)28-58-46(32-12-7-5-8-13-32,33-17-21-35(56-3)22-18-33)34-19-23-36(57-4)24-20-34/h5-10,12-15,17-25,27,38-40,42-44H,11,16,26,28-29H2,1-4H3,(H,47,48,51,53)/t38-,39?,40+,42?,43?,44?,63+/m0/s1. The van der Waals surface area contributed by atoms with Gasteiger partial charge in [-0.3, -0.25) is 14.2 Å². The van der Waals surface area contributed by atoms with E-state index < -0.39 is 72.2 Å². The van der Waals surface area contributed by atoms with Gasteiger partial charge in [-0.2, -0.15) is 4.98 Å². The molecule has 7 atom stereocenters. The first-order valence-electron chi connectivity index (χ1n) is 20.8. The third kappa shape index (κ3) is 9.33. The number of benzene rings is 4. The van der Waals surface area contributed by atoms with Crippen molar-refractivity contribution in [3.8, 4) is 11.5 Å². The molecule has 4 aromatic carbocycles. The predicted molar refractivity (Wildman–Crippen MR) is 235 cm³/mol. The molecule has 8 rings (SSSR count). The lowest BCUT2D eigenvalue weighted by atomic mass is 9.80. The summed E-state index contributed by atoms with van der Waals surface area (Å²) >= 11 is 0. The Kier molecular flexibility index (Phi) is 13.6. The van der Waals surface area contributed by atoms with Crippen molar-refractivity contribution in [2.75, 3.05) is 38.4 Å². The molecule has 0 radical (unpaired) electrons. The smallest absolute Gasteiger partial charge is 0.351 e. The van der Waals surface area contributed by atoms with Crippen molar-refractivity contribution < 1.29 is 50.7 Å². The Morgan fingerprint density at radius 2 is 1.44 bits per heavy atom. The van der Waals surface area contributed by atoms with Crippen LogP contribution in [0.2, 0.25) is 0 Å². The van der Waals surface area contributed by atoms with E-state index in [1.165, 1.54) is 30.7 Å². The summed E-state index contributed by atoms with van der Waals surface area (Å²) < 4.78 is 75.1. The van der Waals surface area contributed by atoms with Gasteiger partial charge in [0, 0.05) is 32.6 Å². The summed E-state index contributed by atoms with van der Waals surface area (Å²) in [5.41, 5.74) is 0.167. The molecular weight excluding hydrogens is 864 g/mol. The van der Waals surface area contributed by atoms with Gasteiger partial charge >= 0.3 is 11.7 Å². The lowest BCUT2D eigenvalue weighted by Gasteiger charge is -2.37. The highest BCUT2D eigenvalue weighted by molar-refractivity contribution is 7.91. The molecule has 0 aliphatic carbocycles. The van der Waals surface area contributed by atoms with E-state index >= 15 is 0 Å². The molecule has 18 heteroatoms. The number of methoxy groups -OCH3 is 2. The number of amides is 1. The monoisotopic (exact) mass is 912 g/mol. The lowest BCUT2D eigenvalue weighted by Crippen LogP contribution is -2.42. The van der Waals surface area contributed by atoms with Gasteiger partial charge in [0.2, 0.25) is 5.91 Å². The fourth-order valence-corrected chi connectivity index (χ4v) is 12.1. The van der Waals surface area contributed by atoms with Crippen molar-refractivity contribution in [2.45, 2.75) is 73.9 Å². The number of fused-ring (bicyclic) bond motifs is 1. The van der Waals surface area contributed by atoms with Crippen LogP contribution in [0, 0.1) is 0 Å². The number of rotatable bonds is 16. The maximum absolute atomic E-state index is 13.7. The molecule has 3 aliphatic rings. The van der Waals surface area contributed by atoms with Gasteiger partial charge < -0.3 is 38.0 Å². The molecule has 0 saturated carbocycles. The largest absolute Gasteiger partial charge is 0.497 e. The predicted octanol–water partition coefficient (Wildman–Crippen LogP) is 6.01. The molecule has 3 aliphatic heterocycles. The van der Waals surface area contributed by atoms with Crippen LogP contribution >= 0.6 is 8.53 Å². The highest BCUT2D eigenvalue weighted by Gasteiger charge is 2.55. The van der Waals surface area contributed by atoms with E-state index in [4.69, 9.17) is 32.7 Å². The van der Waals surface area contributed by atoms with Crippen LogP contribution in [0.3, 0.4) is 0 Å². The second-order valence-corrected chi connectivity index (χ2v) is 19.0. The minimum absolute atomic E-state index is 0.0227. The summed E-state index contributed by atoms with van der Waals surface area (Å²) in [6, 6.07) is 34.1. The summed E-state index contributed by atoms with van der Waals surface area (Å²) in [5.74, 6) is -0.0694. The third-order valence-electron chi connectivity index (χ3n) is 11.5. The summed E-state index contributed by atoms with van der Waals surface area (Å²) in [4.78, 5) is 42.8. The third-order valence-corrected chi connectivity index (χ3v) is 15.0. The average Bonchev–Trinajstić information content (AvgIpc) is 4.00. The summed E-state index contributed by atoms with van der Waals surface area (Å²) in [7, 11) is -2.53. The quantitative estimate of drug-likeness (QED) is 0.0691. The van der Waals surface area contributed by atoms with E-state index in [0.717, 1.165) is 23.1 Å². The number of ether oxygens (including phenoxy) is 5. The number of nitrogens with one attached hydrogen (secondary N) is 1. The van der Waals surface area contributed by atoms with Crippen LogP contribution in [0.25, 0.3) is 0 Å². The molecule has 0 bridgehead atoms. The number of esters is 1. The second-order valence-electron chi connectivity index (χ2n) is 15.6. The van der Waals surface area contributed by atoms with Gasteiger partial charge in [-0.25, -0.2) is 17.9 Å². The number of aromatic nitrogens is 2. The van der Waals surface area contributed by atoms with E-state index in [0.29, 0.717) is 24.5 Å². The molecule has 16 nitrogen and oxygen atoms in total. The van der Waals surface area contributed by atoms with Crippen LogP contribution in [0.15, 0.2) is 131 Å². The first-order chi connectivity index (χ1) is 30.9. The Morgan fingerprint density at radius 3 is 2.02 bits per heavy atom. The van der Waals surface area contributed by atoms with Crippen molar-refractivity contribution >= 4 is 36.1 Å². The molecule has 336 valence electrons. The molecule has 64 heavy (non-hydrogen) atoms. The number of carbonyl (C=O) groups excluding carboxylic acids is 2. The SMILES string of the molecule is COc1ccc(C(OCC2OC(n3ccc(NC(C)=O)nc3=O)C(OC(C)=O)C2O[P@@]2O[C@H](CS(=O)(=O)c3ccccc3)[C@@H]3CCCN32)(c2ccccc2)c2ccc(OC)cc2)cc1. The van der Waals surface area contributed by atoms with Crippen LogP contribution in [0.5, 0.6) is 11.5 Å². The Morgan fingerprint density at radius 1 is 0.828 bits per heavy atom. The van der Waals surface area contributed by atoms with Crippen molar-refractivity contribution in [1.82, 2.24) is 14.2 Å². The van der Waals surface area contributed by atoms with E-state index in [2.05, 4.69) is 10.3 Å². The van der Waals surface area contributed by atoms with Crippen LogP contribution < -0.4 is 20.5 Å². The Bertz CT molecular complexity index is 2540. The fourth-order valence-electron chi connectivity index (χ4n) is 8.52. The van der Waals surface area contributed by atoms with Gasteiger partial charge in [-0.1, -0.05) is 72.8 Å². The minimum Gasteiger partial charge on any atom is -0.497 e. The lowest BCUT2D eigenvalue weighted by molar-refractivity contribution is -0.155. The van der Waals surface area contributed by atoms with Crippen molar-refractivity contribution in [3.05, 3.63) is 149 Å². The highest BCUT2D eigenvalue weighted by Crippen LogP contribution is 2.58. The number of nitrogens with zero attached hydrogens (tertiary/aromatic N) is 3. The Hall–Kier alpha value is -5.52. The zero-order valence-electron chi connectivity index (χ0n) is 35.6. The summed E-state index contributed by atoms with van der Waals surface area (Å²) in [5, 5.41) is 2.51. The fraction of sp³-hybridized carbons (Fsp3) is 0.348. The maximum Gasteiger partial charge on any atom is 0.351 e. The van der Waals surface area contributed by atoms with Crippen molar-refractivity contribution in [1.29, 1.82) is 0 Å².